The Labute approximate surface area is 200 Å². The minimum absolute atomic E-state index is 0.231. The van der Waals surface area contributed by atoms with E-state index in [-0.39, 0.29) is 12.4 Å². The predicted molar refractivity (Wildman–Crippen MR) is 132 cm³/mol. The number of ether oxygens (including phenoxy) is 1. The molecule has 0 amide bonds. The number of ketones is 1. The van der Waals surface area contributed by atoms with Crippen molar-refractivity contribution in [2.45, 2.75) is 25.2 Å². The van der Waals surface area contributed by atoms with Crippen molar-refractivity contribution in [1.29, 1.82) is 0 Å². The van der Waals surface area contributed by atoms with Gasteiger partial charge in [0.2, 0.25) is 0 Å². The summed E-state index contributed by atoms with van der Waals surface area (Å²) >= 11 is 3.36. The lowest BCUT2D eigenvalue weighted by molar-refractivity contribution is 0.0475. The molecule has 4 aromatic rings. The van der Waals surface area contributed by atoms with Crippen LogP contribution in [0, 0.1) is 0 Å². The molecule has 164 valence electrons. The number of hydrogen-bond donors (Lipinski definition) is 0. The number of nitrogens with zero attached hydrogens (tertiary/aromatic N) is 1. The average molecular weight is 500 g/mol. The van der Waals surface area contributed by atoms with E-state index in [0.29, 0.717) is 17.0 Å². The summed E-state index contributed by atoms with van der Waals surface area (Å²) in [6, 6.07) is 25.1. The van der Waals surface area contributed by atoms with Gasteiger partial charge in [-0.15, -0.1) is 0 Å². The van der Waals surface area contributed by atoms with Gasteiger partial charge in [0, 0.05) is 21.1 Å². The lowest BCUT2D eigenvalue weighted by Crippen LogP contribution is -2.21. The topological polar surface area (TPSA) is 56.3 Å². The number of benzene rings is 3. The number of hydrogen-bond acceptors (Lipinski definition) is 4. The van der Waals surface area contributed by atoms with Crippen LogP contribution in [0.3, 0.4) is 0 Å². The molecular formula is C28H22BrNO3. The second kappa shape index (κ2) is 9.28. The summed E-state index contributed by atoms with van der Waals surface area (Å²) in [7, 11) is 0. The van der Waals surface area contributed by atoms with Gasteiger partial charge in [0.15, 0.2) is 12.4 Å². The molecule has 4 nitrogen and oxygen atoms in total. The first-order chi connectivity index (χ1) is 16.1. The van der Waals surface area contributed by atoms with E-state index in [9.17, 15) is 9.59 Å². The Bertz CT molecular complexity index is 1330. The number of aryl methyl sites for hydroxylation is 1. The molecule has 5 heteroatoms. The minimum atomic E-state index is -0.468. The Morgan fingerprint density at radius 2 is 1.67 bits per heavy atom. The third kappa shape index (κ3) is 4.46. The van der Waals surface area contributed by atoms with Gasteiger partial charge in [-0.3, -0.25) is 9.78 Å². The van der Waals surface area contributed by atoms with Crippen LogP contribution < -0.4 is 0 Å². The van der Waals surface area contributed by atoms with Crippen molar-refractivity contribution < 1.29 is 14.3 Å². The molecule has 0 saturated heterocycles. The standard InChI is InChI=1S/C28H22BrNO3/c29-21-13-10-19(11-14-21)26(31)17-33-28(32)27-22-8-4-5-9-24(22)30-25-15-12-20(16-23(25)27)18-6-2-1-3-7-18/h1-11,13-14,20H,12,15-17H2/t20-/m1/s1. The highest BCUT2D eigenvalue weighted by atomic mass is 79.9. The molecule has 0 fully saturated rings. The van der Waals surface area contributed by atoms with E-state index in [2.05, 4.69) is 28.1 Å². The van der Waals surface area contributed by atoms with E-state index in [0.717, 1.165) is 45.9 Å². The zero-order valence-corrected chi connectivity index (χ0v) is 19.5. The van der Waals surface area contributed by atoms with Crippen LogP contribution in [-0.2, 0) is 17.6 Å². The number of carbonyl (C=O) groups is 2. The first-order valence-corrected chi connectivity index (χ1v) is 11.8. The van der Waals surface area contributed by atoms with Crippen molar-refractivity contribution in [2.75, 3.05) is 6.61 Å². The van der Waals surface area contributed by atoms with E-state index >= 15 is 0 Å². The number of fused-ring (bicyclic) bond motifs is 2. The minimum Gasteiger partial charge on any atom is -0.454 e. The normalized spacial score (nSPS) is 15.1. The second-order valence-electron chi connectivity index (χ2n) is 8.29. The van der Waals surface area contributed by atoms with Crippen LogP contribution in [0.2, 0.25) is 0 Å². The number of pyridine rings is 1. The molecule has 0 unspecified atom stereocenters. The zero-order chi connectivity index (χ0) is 22.8. The lowest BCUT2D eigenvalue weighted by atomic mass is 9.80. The van der Waals surface area contributed by atoms with Crippen molar-refractivity contribution in [3.63, 3.8) is 0 Å². The van der Waals surface area contributed by atoms with Crippen molar-refractivity contribution >= 4 is 38.6 Å². The molecule has 0 radical (unpaired) electrons. The fraction of sp³-hybridized carbons (Fsp3) is 0.179. The number of halogens is 1. The number of para-hydroxylation sites is 1. The van der Waals surface area contributed by atoms with Gasteiger partial charge in [-0.05, 0) is 54.5 Å². The van der Waals surface area contributed by atoms with E-state index < -0.39 is 5.97 Å². The van der Waals surface area contributed by atoms with Crippen molar-refractivity contribution in [3.8, 4) is 0 Å². The van der Waals surface area contributed by atoms with E-state index in [4.69, 9.17) is 9.72 Å². The summed E-state index contributed by atoms with van der Waals surface area (Å²) in [5.74, 6) is -0.383. The summed E-state index contributed by atoms with van der Waals surface area (Å²) in [5, 5.41) is 0.769. The highest BCUT2D eigenvalue weighted by Crippen LogP contribution is 2.36. The Morgan fingerprint density at radius 3 is 2.45 bits per heavy atom. The third-order valence-electron chi connectivity index (χ3n) is 6.23. The van der Waals surface area contributed by atoms with Crippen LogP contribution in [0.4, 0.5) is 0 Å². The van der Waals surface area contributed by atoms with E-state index in [1.165, 1.54) is 5.56 Å². The number of Topliss-reactive ketones (excluding diaryl/α,β-unsaturated/α-hetero) is 1. The van der Waals surface area contributed by atoms with Gasteiger partial charge in [-0.25, -0.2) is 4.79 Å². The summed E-state index contributed by atoms with van der Waals surface area (Å²) < 4.78 is 6.45. The monoisotopic (exact) mass is 499 g/mol. The molecule has 3 aromatic carbocycles. The van der Waals surface area contributed by atoms with Crippen LogP contribution in [0.25, 0.3) is 10.9 Å². The van der Waals surface area contributed by atoms with Gasteiger partial charge < -0.3 is 4.74 Å². The van der Waals surface area contributed by atoms with Crippen LogP contribution in [-0.4, -0.2) is 23.3 Å². The van der Waals surface area contributed by atoms with E-state index in [1.54, 1.807) is 24.3 Å². The number of carbonyl (C=O) groups excluding carboxylic acids is 2. The molecule has 0 spiro atoms. The summed E-state index contributed by atoms with van der Waals surface area (Å²) in [6.07, 6.45) is 2.51. The van der Waals surface area contributed by atoms with Gasteiger partial charge in [-0.2, -0.15) is 0 Å². The number of esters is 1. The Kier molecular flexibility index (Phi) is 6.05. The van der Waals surface area contributed by atoms with Gasteiger partial charge in [-0.1, -0.05) is 76.6 Å². The molecule has 1 aliphatic rings. The van der Waals surface area contributed by atoms with Crippen molar-refractivity contribution in [1.82, 2.24) is 4.98 Å². The molecule has 33 heavy (non-hydrogen) atoms. The first kappa shape index (κ1) is 21.5. The molecule has 0 aliphatic heterocycles. The smallest absolute Gasteiger partial charge is 0.339 e. The fourth-order valence-corrected chi connectivity index (χ4v) is 4.82. The molecule has 0 N–H and O–H groups in total. The molecular weight excluding hydrogens is 478 g/mol. The van der Waals surface area contributed by atoms with Gasteiger partial charge in [0.1, 0.15) is 0 Å². The average Bonchev–Trinajstić information content (AvgIpc) is 2.86. The maximum atomic E-state index is 13.4. The van der Waals surface area contributed by atoms with Crippen LogP contribution in [0.15, 0.2) is 83.3 Å². The Balaban J connectivity index is 1.47. The fourth-order valence-electron chi connectivity index (χ4n) is 4.55. The number of rotatable bonds is 5. The summed E-state index contributed by atoms with van der Waals surface area (Å²) in [5.41, 5.74) is 4.99. The SMILES string of the molecule is O=C(COC(=O)c1c2c(nc3ccccc13)CC[C@@H](c1ccccc1)C2)c1ccc(Br)cc1. The highest BCUT2D eigenvalue weighted by Gasteiger charge is 2.28. The third-order valence-corrected chi connectivity index (χ3v) is 6.76. The summed E-state index contributed by atoms with van der Waals surface area (Å²) in [4.78, 5) is 30.8. The first-order valence-electron chi connectivity index (χ1n) is 11.0. The lowest BCUT2D eigenvalue weighted by Gasteiger charge is -2.26. The van der Waals surface area contributed by atoms with Crippen LogP contribution in [0.1, 0.15) is 49.9 Å². The highest BCUT2D eigenvalue weighted by molar-refractivity contribution is 9.10. The van der Waals surface area contributed by atoms with Crippen LogP contribution >= 0.6 is 15.9 Å². The maximum absolute atomic E-state index is 13.4. The molecule has 1 atom stereocenters. The van der Waals surface area contributed by atoms with Crippen LogP contribution in [0.5, 0.6) is 0 Å². The molecule has 1 aromatic heterocycles. The largest absolute Gasteiger partial charge is 0.454 e. The van der Waals surface area contributed by atoms with Gasteiger partial charge >= 0.3 is 5.97 Å². The quantitative estimate of drug-likeness (QED) is 0.238. The second-order valence-corrected chi connectivity index (χ2v) is 9.20. The molecule has 0 bridgehead atoms. The number of aromatic nitrogens is 1. The van der Waals surface area contributed by atoms with Gasteiger partial charge in [0.25, 0.3) is 0 Å². The van der Waals surface area contributed by atoms with Gasteiger partial charge in [0.05, 0.1) is 11.1 Å². The summed E-state index contributed by atoms with van der Waals surface area (Å²) in [6.45, 7) is -0.298. The van der Waals surface area contributed by atoms with E-state index in [1.807, 2.05) is 42.5 Å². The maximum Gasteiger partial charge on any atom is 0.339 e. The van der Waals surface area contributed by atoms with Crippen molar-refractivity contribution in [2.24, 2.45) is 0 Å². The molecule has 1 aliphatic carbocycles. The molecule has 0 saturated carbocycles. The zero-order valence-electron chi connectivity index (χ0n) is 18.0. The Morgan fingerprint density at radius 1 is 0.939 bits per heavy atom. The molecule has 1 heterocycles. The predicted octanol–water partition coefficient (Wildman–Crippen LogP) is 6.31. The van der Waals surface area contributed by atoms with Crippen molar-refractivity contribution in [3.05, 3.63) is 111 Å². The Hall–Kier alpha value is -3.31. The molecule has 5 rings (SSSR count).